The Morgan fingerprint density at radius 1 is 1.37 bits per heavy atom. The van der Waals surface area contributed by atoms with Crippen LogP contribution in [0.4, 0.5) is 0 Å². The van der Waals surface area contributed by atoms with Gasteiger partial charge in [0.1, 0.15) is 5.75 Å². The number of carbonyl (C=O) groups excluding carboxylic acids is 1. The number of nitrogens with zero attached hydrogens (tertiary/aromatic N) is 1. The van der Waals surface area contributed by atoms with Crippen LogP contribution >= 0.6 is 0 Å². The van der Waals surface area contributed by atoms with Gasteiger partial charge in [-0.15, -0.1) is 0 Å². The van der Waals surface area contributed by atoms with E-state index >= 15 is 0 Å². The Morgan fingerprint density at radius 2 is 2.16 bits per heavy atom. The number of hydrogen-bond donors (Lipinski definition) is 0. The summed E-state index contributed by atoms with van der Waals surface area (Å²) in [5.74, 6) is 1.06. The van der Waals surface area contributed by atoms with Crippen molar-refractivity contribution >= 4 is 5.78 Å². The monoisotopic (exact) mass is 257 g/mol. The lowest BCUT2D eigenvalue weighted by molar-refractivity contribution is 0.0994. The van der Waals surface area contributed by atoms with Gasteiger partial charge in [-0.1, -0.05) is 0 Å². The van der Waals surface area contributed by atoms with Gasteiger partial charge < -0.3 is 4.74 Å². The first-order chi connectivity index (χ1) is 9.02. The van der Waals surface area contributed by atoms with Crippen LogP contribution in [0, 0.1) is 16.7 Å². The third kappa shape index (κ3) is 3.35. The highest BCUT2D eigenvalue weighted by Crippen LogP contribution is 2.26. The fourth-order valence-electron chi connectivity index (χ4n) is 2.28. The van der Waals surface area contributed by atoms with Crippen molar-refractivity contribution in [3.63, 3.8) is 0 Å². The smallest absolute Gasteiger partial charge is 0.163 e. The molecular weight excluding hydrogens is 238 g/mol. The molecule has 19 heavy (non-hydrogen) atoms. The van der Waals surface area contributed by atoms with Gasteiger partial charge in [0.05, 0.1) is 18.1 Å². The number of fused-ring (bicyclic) bond motifs is 1. The average Bonchev–Trinajstić information content (AvgIpc) is 2.76. The van der Waals surface area contributed by atoms with E-state index in [1.165, 1.54) is 0 Å². The minimum atomic E-state index is -0.284. The molecule has 0 unspecified atom stereocenters. The first-order valence-electron chi connectivity index (χ1n) is 6.72. The largest absolute Gasteiger partial charge is 0.494 e. The molecule has 0 saturated carbocycles. The van der Waals surface area contributed by atoms with Crippen molar-refractivity contribution in [3.8, 4) is 11.8 Å². The van der Waals surface area contributed by atoms with Gasteiger partial charge in [-0.25, -0.2) is 0 Å². The Balaban J connectivity index is 1.85. The SMILES string of the molecule is CC(C)(C#N)CCCOc1ccc2c(c1)CCC2=O. The van der Waals surface area contributed by atoms with Crippen molar-refractivity contribution in [2.45, 2.75) is 39.5 Å². The molecule has 3 nitrogen and oxygen atoms in total. The number of nitriles is 1. The van der Waals surface area contributed by atoms with Gasteiger partial charge in [0.15, 0.2) is 5.78 Å². The Labute approximate surface area is 114 Å². The molecule has 1 aromatic rings. The fraction of sp³-hybridized carbons (Fsp3) is 0.500. The van der Waals surface area contributed by atoms with E-state index in [0.717, 1.165) is 36.1 Å². The van der Waals surface area contributed by atoms with Crippen LogP contribution in [0.1, 0.15) is 49.0 Å². The Hall–Kier alpha value is -1.82. The van der Waals surface area contributed by atoms with Crippen molar-refractivity contribution in [2.75, 3.05) is 6.61 Å². The lowest BCUT2D eigenvalue weighted by atomic mass is 9.90. The number of ketones is 1. The lowest BCUT2D eigenvalue weighted by Crippen LogP contribution is -2.10. The molecule has 0 fully saturated rings. The first-order valence-corrected chi connectivity index (χ1v) is 6.72. The molecule has 1 aromatic carbocycles. The Morgan fingerprint density at radius 3 is 2.89 bits per heavy atom. The Kier molecular flexibility index (Phi) is 3.90. The molecule has 1 aliphatic rings. The molecule has 0 aromatic heterocycles. The van der Waals surface area contributed by atoms with Crippen LogP contribution < -0.4 is 4.74 Å². The summed E-state index contributed by atoms with van der Waals surface area (Å²) in [6, 6.07) is 7.97. The highest BCUT2D eigenvalue weighted by Gasteiger charge is 2.19. The highest BCUT2D eigenvalue weighted by molar-refractivity contribution is 6.00. The number of hydrogen-bond acceptors (Lipinski definition) is 3. The maximum absolute atomic E-state index is 11.5. The molecule has 100 valence electrons. The molecule has 3 heteroatoms. The van der Waals surface area contributed by atoms with Crippen LogP contribution in [0.25, 0.3) is 0 Å². The predicted molar refractivity (Wildman–Crippen MR) is 73.2 cm³/mol. The normalized spacial score (nSPS) is 14.1. The summed E-state index contributed by atoms with van der Waals surface area (Å²) in [5.41, 5.74) is 1.66. The molecule has 0 aliphatic heterocycles. The maximum atomic E-state index is 11.5. The molecule has 2 rings (SSSR count). The second-order valence-corrected chi connectivity index (χ2v) is 5.69. The zero-order chi connectivity index (χ0) is 13.9. The van der Waals surface area contributed by atoms with Crippen molar-refractivity contribution in [1.29, 1.82) is 5.26 Å². The number of benzene rings is 1. The maximum Gasteiger partial charge on any atom is 0.163 e. The molecule has 0 atom stereocenters. The van der Waals surface area contributed by atoms with E-state index in [1.807, 2.05) is 32.0 Å². The molecule has 0 radical (unpaired) electrons. The van der Waals surface area contributed by atoms with E-state index in [1.54, 1.807) is 0 Å². The number of ether oxygens (including phenoxy) is 1. The van der Waals surface area contributed by atoms with E-state index in [4.69, 9.17) is 10.00 Å². The standard InChI is InChI=1S/C16H19NO2/c1-16(2,11-17)8-3-9-19-13-5-6-14-12(10-13)4-7-15(14)18/h5-6,10H,3-4,7-9H2,1-2H3. The predicted octanol–water partition coefficient (Wildman–Crippen LogP) is 3.52. The summed E-state index contributed by atoms with van der Waals surface area (Å²) in [6.45, 7) is 4.49. The number of carbonyl (C=O) groups is 1. The van der Waals surface area contributed by atoms with Crippen molar-refractivity contribution in [3.05, 3.63) is 29.3 Å². The van der Waals surface area contributed by atoms with Crippen LogP contribution in [-0.2, 0) is 6.42 Å². The minimum absolute atomic E-state index is 0.234. The molecule has 1 aliphatic carbocycles. The van der Waals surface area contributed by atoms with Crippen molar-refractivity contribution < 1.29 is 9.53 Å². The molecule has 0 bridgehead atoms. The molecule has 0 amide bonds. The second kappa shape index (κ2) is 5.44. The quantitative estimate of drug-likeness (QED) is 0.758. The fourth-order valence-corrected chi connectivity index (χ4v) is 2.28. The van der Waals surface area contributed by atoms with Crippen LogP contribution in [0.2, 0.25) is 0 Å². The molecular formula is C16H19NO2. The number of aryl methyl sites for hydroxylation is 1. The highest BCUT2D eigenvalue weighted by atomic mass is 16.5. The zero-order valence-electron chi connectivity index (χ0n) is 11.5. The number of rotatable bonds is 5. The van der Waals surface area contributed by atoms with E-state index in [2.05, 4.69) is 6.07 Å². The average molecular weight is 257 g/mol. The Bertz CT molecular complexity index is 526. The topological polar surface area (TPSA) is 50.1 Å². The molecule has 0 heterocycles. The van der Waals surface area contributed by atoms with Gasteiger partial charge >= 0.3 is 0 Å². The van der Waals surface area contributed by atoms with Gasteiger partial charge in [0, 0.05) is 12.0 Å². The number of Topliss-reactive ketones (excluding diaryl/α,β-unsaturated/α-hetero) is 1. The van der Waals surface area contributed by atoms with Gasteiger partial charge in [-0.2, -0.15) is 5.26 Å². The van der Waals surface area contributed by atoms with Gasteiger partial charge in [-0.3, -0.25) is 4.79 Å². The second-order valence-electron chi connectivity index (χ2n) is 5.69. The van der Waals surface area contributed by atoms with Gasteiger partial charge in [0.2, 0.25) is 0 Å². The van der Waals surface area contributed by atoms with Crippen LogP contribution in [0.5, 0.6) is 5.75 Å². The molecule has 0 spiro atoms. The third-order valence-corrected chi connectivity index (χ3v) is 3.52. The summed E-state index contributed by atoms with van der Waals surface area (Å²) >= 11 is 0. The lowest BCUT2D eigenvalue weighted by Gasteiger charge is -2.15. The van der Waals surface area contributed by atoms with Crippen LogP contribution in [0.15, 0.2) is 18.2 Å². The summed E-state index contributed by atoms with van der Waals surface area (Å²) in [6.07, 6.45) is 3.13. The van der Waals surface area contributed by atoms with Crippen molar-refractivity contribution in [1.82, 2.24) is 0 Å². The first kappa shape index (κ1) is 13.6. The van der Waals surface area contributed by atoms with E-state index in [-0.39, 0.29) is 11.2 Å². The van der Waals surface area contributed by atoms with E-state index in [0.29, 0.717) is 13.0 Å². The summed E-state index contributed by atoms with van der Waals surface area (Å²) in [4.78, 5) is 11.5. The molecule has 0 saturated heterocycles. The summed E-state index contributed by atoms with van der Waals surface area (Å²) in [7, 11) is 0. The van der Waals surface area contributed by atoms with Crippen LogP contribution in [0.3, 0.4) is 0 Å². The van der Waals surface area contributed by atoms with Gasteiger partial charge in [-0.05, 0) is 56.9 Å². The van der Waals surface area contributed by atoms with Gasteiger partial charge in [0.25, 0.3) is 0 Å². The summed E-state index contributed by atoms with van der Waals surface area (Å²) < 4.78 is 5.69. The third-order valence-electron chi connectivity index (χ3n) is 3.52. The van der Waals surface area contributed by atoms with E-state index < -0.39 is 0 Å². The zero-order valence-corrected chi connectivity index (χ0v) is 11.5. The van der Waals surface area contributed by atoms with E-state index in [9.17, 15) is 4.79 Å². The summed E-state index contributed by atoms with van der Waals surface area (Å²) in [5, 5.41) is 8.92. The van der Waals surface area contributed by atoms with Crippen molar-refractivity contribution in [2.24, 2.45) is 5.41 Å². The minimum Gasteiger partial charge on any atom is -0.494 e. The van der Waals surface area contributed by atoms with Crippen LogP contribution in [-0.4, -0.2) is 12.4 Å². The molecule has 0 N–H and O–H groups in total.